The van der Waals surface area contributed by atoms with Gasteiger partial charge in [-0.25, -0.2) is 12.1 Å². The van der Waals surface area contributed by atoms with Crippen LogP contribution >= 0.6 is 16.4 Å². The van der Waals surface area contributed by atoms with Crippen molar-refractivity contribution < 1.29 is 27.3 Å². The molecule has 0 aromatic carbocycles. The normalized spacial score (nSPS) is 9.38. The van der Waals surface area contributed by atoms with E-state index in [9.17, 15) is 0 Å². The molecule has 0 amide bonds. The van der Waals surface area contributed by atoms with Crippen LogP contribution in [-0.2, 0) is 25.8 Å². The van der Waals surface area contributed by atoms with Crippen molar-refractivity contribution >= 4 is 16.4 Å². The fourth-order valence-corrected chi connectivity index (χ4v) is 2.18. The van der Waals surface area contributed by atoms with Crippen LogP contribution in [0.1, 0.15) is 12.6 Å². The van der Waals surface area contributed by atoms with Gasteiger partial charge in [-0.05, 0) is 0 Å². The Morgan fingerprint density at radius 1 is 1.00 bits per heavy atom. The molecule has 2 atom stereocenters. The minimum Gasteiger partial charge on any atom is -1.00 e. The van der Waals surface area contributed by atoms with Crippen LogP contribution in [0.15, 0.2) is 23.7 Å². The van der Waals surface area contributed by atoms with Crippen LogP contribution in [0.3, 0.4) is 0 Å². The minimum atomic E-state index is 0. The molecule has 2 unspecified atom stereocenters. The molecule has 0 aliphatic carbocycles. The van der Waals surface area contributed by atoms with E-state index in [0.29, 0.717) is 0 Å². The van der Waals surface area contributed by atoms with E-state index < -0.39 is 0 Å². The van der Waals surface area contributed by atoms with Crippen molar-refractivity contribution in [3.8, 4) is 0 Å². The average molecular weight is 240 g/mol. The van der Waals surface area contributed by atoms with Crippen molar-refractivity contribution in [1.29, 1.82) is 0 Å². The topological polar surface area (TPSA) is 0 Å². The molecule has 2 rings (SSSR count). The summed E-state index contributed by atoms with van der Waals surface area (Å²) in [7, 11) is 1.64. The van der Waals surface area contributed by atoms with Gasteiger partial charge in [0.05, 0.1) is 0 Å². The molecule has 0 bridgehead atoms. The maximum absolute atomic E-state index is 3.15. The Kier molecular flexibility index (Phi) is 8.06. The van der Waals surface area contributed by atoms with Gasteiger partial charge in [-0.2, -0.15) is 34.3 Å². The van der Waals surface area contributed by atoms with Gasteiger partial charge in [0.2, 0.25) is 0 Å². The first-order valence-corrected chi connectivity index (χ1v) is 5.98. The van der Waals surface area contributed by atoms with Crippen LogP contribution in [0.4, 0.5) is 0 Å². The van der Waals surface area contributed by atoms with E-state index in [4.69, 9.17) is 0 Å². The summed E-state index contributed by atoms with van der Waals surface area (Å²) in [5, 5.41) is 0. The summed E-state index contributed by atoms with van der Waals surface area (Å²) in [6.45, 7) is 4.13. The van der Waals surface area contributed by atoms with Crippen molar-refractivity contribution in [3.05, 3.63) is 46.5 Å². The molecule has 66 valence electrons. The Labute approximate surface area is 104 Å². The van der Waals surface area contributed by atoms with Crippen molar-refractivity contribution in [2.45, 2.75) is 13.8 Å². The Bertz CT molecular complexity index is 258. The minimum absolute atomic E-state index is 0. The Balaban J connectivity index is 0. The zero-order valence-electron chi connectivity index (χ0n) is 8.89. The molecular weight excluding hydrogens is 227 g/mol. The molecule has 3 heteroatoms. The van der Waals surface area contributed by atoms with Crippen molar-refractivity contribution in [2.75, 3.05) is 0 Å². The van der Waals surface area contributed by atoms with E-state index in [2.05, 4.69) is 49.2 Å². The van der Waals surface area contributed by atoms with Crippen molar-refractivity contribution in [2.24, 2.45) is 0 Å². The predicted molar refractivity (Wildman–Crippen MR) is 60.1 cm³/mol. The van der Waals surface area contributed by atoms with E-state index in [1.165, 1.54) is 11.1 Å². The summed E-state index contributed by atoms with van der Waals surface area (Å²) in [4.78, 5) is 0. The van der Waals surface area contributed by atoms with Gasteiger partial charge in [-0.3, -0.25) is 16.4 Å². The molecule has 0 radical (unpaired) electrons. The second kappa shape index (κ2) is 7.80. The van der Waals surface area contributed by atoms with Crippen LogP contribution in [0.2, 0.25) is 0 Å². The Morgan fingerprint density at radius 3 is 1.46 bits per heavy atom. The van der Waals surface area contributed by atoms with E-state index >= 15 is 0 Å². The third kappa shape index (κ3) is 6.49. The van der Waals surface area contributed by atoms with Gasteiger partial charge in [-0.1, -0.05) is 13.8 Å². The molecule has 0 N–H and O–H groups in total. The van der Waals surface area contributed by atoms with E-state index in [0.717, 1.165) is 16.4 Å². The van der Waals surface area contributed by atoms with Crippen LogP contribution in [0.5, 0.6) is 0 Å². The number of hydrogen-bond donors (Lipinski definition) is 0. The summed E-state index contributed by atoms with van der Waals surface area (Å²) in [5.74, 6) is 10.6. The van der Waals surface area contributed by atoms with Crippen LogP contribution in [0.25, 0.3) is 0 Å². The number of hydrogen-bond acceptors (Lipinski definition) is 0. The molecule has 0 aliphatic rings. The molecule has 13 heavy (non-hydrogen) atoms. The van der Waals surface area contributed by atoms with Gasteiger partial charge < -0.3 is 1.43 Å². The monoisotopic (exact) mass is 240 g/mol. The first-order chi connectivity index (χ1) is 5.79. The third-order valence-corrected chi connectivity index (χ3v) is 3.12. The second-order valence-electron chi connectivity index (χ2n) is 2.57. The molecule has 0 fully saturated rings. The number of aryl methyl sites for hydroxylation is 2. The first-order valence-electron chi connectivity index (χ1n) is 3.82. The summed E-state index contributed by atoms with van der Waals surface area (Å²) in [6, 6.07) is 4.19. The summed E-state index contributed by atoms with van der Waals surface area (Å²) in [5.41, 5.74) is 2.57. The van der Waals surface area contributed by atoms with Crippen LogP contribution in [0, 0.1) is 25.4 Å². The Hall–Kier alpha value is 0.430. The molecule has 0 aliphatic heterocycles. The fourth-order valence-electron chi connectivity index (χ4n) is 0.728. The quantitative estimate of drug-likeness (QED) is 0.615. The molecule has 2 aromatic heterocycles. The molecule has 2 aromatic rings. The average Bonchev–Trinajstić information content (AvgIpc) is 2.63. The van der Waals surface area contributed by atoms with Crippen LogP contribution < -0.4 is 0 Å². The fraction of sp³-hybridized carbons (Fsp3) is 0.200. The van der Waals surface area contributed by atoms with Gasteiger partial charge >= 0.3 is 25.8 Å². The standard InChI is InChI=1S/2C5H6P.Sc.H/c2*1-5-2-3-6-4-5;;/h2*2-3,6H,1H3;;/q2*-1;+3;-1. The number of rotatable bonds is 0. The van der Waals surface area contributed by atoms with E-state index in [1.807, 2.05) is 0 Å². The molecule has 0 saturated heterocycles. The van der Waals surface area contributed by atoms with E-state index in [1.54, 1.807) is 0 Å². The van der Waals surface area contributed by atoms with Crippen LogP contribution in [-0.4, -0.2) is 0 Å². The van der Waals surface area contributed by atoms with Gasteiger partial charge in [0.25, 0.3) is 0 Å². The SMILES string of the molecule is Cc1[c-][pH]cc1.Cc1[c-][pH]cc1.[H-].[Sc+3]. The predicted octanol–water partition coefficient (Wildman–Crippen LogP) is 3.76. The molecule has 2 heterocycles. The van der Waals surface area contributed by atoms with Crippen molar-refractivity contribution in [1.82, 2.24) is 0 Å². The largest absolute Gasteiger partial charge is 3.00 e. The third-order valence-electron chi connectivity index (χ3n) is 1.37. The summed E-state index contributed by atoms with van der Waals surface area (Å²) in [6.07, 6.45) is 0. The Morgan fingerprint density at radius 2 is 1.38 bits per heavy atom. The zero-order valence-corrected chi connectivity index (χ0v) is 11.7. The van der Waals surface area contributed by atoms with Gasteiger partial charge in [0, 0.05) is 0 Å². The van der Waals surface area contributed by atoms with Gasteiger partial charge in [-0.15, -0.1) is 0 Å². The maximum atomic E-state index is 3.15. The molecular formula is C10H13P2Sc. The maximum Gasteiger partial charge on any atom is 3.00 e. The van der Waals surface area contributed by atoms with E-state index in [-0.39, 0.29) is 27.3 Å². The molecule has 0 saturated carbocycles. The summed E-state index contributed by atoms with van der Waals surface area (Å²) < 4.78 is 0. The second-order valence-corrected chi connectivity index (χ2v) is 4.32. The molecule has 0 nitrogen and oxygen atoms in total. The van der Waals surface area contributed by atoms with Gasteiger partial charge in [0.15, 0.2) is 0 Å². The smallest absolute Gasteiger partial charge is 1.00 e. The van der Waals surface area contributed by atoms with Crippen molar-refractivity contribution in [3.63, 3.8) is 0 Å². The summed E-state index contributed by atoms with van der Waals surface area (Å²) >= 11 is 0. The first kappa shape index (κ1) is 13.4. The van der Waals surface area contributed by atoms with Gasteiger partial charge in [0.1, 0.15) is 0 Å². The zero-order chi connectivity index (χ0) is 8.81. The molecule has 0 spiro atoms.